The average molecular weight is 520 g/mol. The topological polar surface area (TPSA) is 115 Å². The van der Waals surface area contributed by atoms with Crippen molar-refractivity contribution in [3.05, 3.63) is 60.9 Å². The summed E-state index contributed by atoms with van der Waals surface area (Å²) < 4.78 is 26.4. The van der Waals surface area contributed by atoms with Crippen LogP contribution in [0.3, 0.4) is 0 Å². The first-order valence-electron chi connectivity index (χ1n) is 12.6. The Morgan fingerprint density at radius 2 is 2.05 bits per heavy atom. The minimum atomic E-state index is -0.419. The molecule has 0 atom stereocenters. The largest absolute Gasteiger partial charge is 0.493 e. The number of fused-ring (bicyclic) bond motifs is 1. The Kier molecular flexibility index (Phi) is 7.93. The molecule has 198 valence electrons. The van der Waals surface area contributed by atoms with Gasteiger partial charge in [0.05, 0.1) is 31.1 Å². The molecule has 0 aliphatic heterocycles. The summed E-state index contributed by atoms with van der Waals surface area (Å²) in [5.41, 5.74) is 1.73. The van der Waals surface area contributed by atoms with Crippen LogP contribution in [-0.2, 0) is 11.3 Å². The molecule has 1 fully saturated rings. The quantitative estimate of drug-likeness (QED) is 0.226. The Bertz CT molecular complexity index is 1410. The van der Waals surface area contributed by atoms with Gasteiger partial charge >= 0.3 is 0 Å². The van der Waals surface area contributed by atoms with Gasteiger partial charge in [0.1, 0.15) is 24.5 Å². The van der Waals surface area contributed by atoms with Crippen LogP contribution in [0.2, 0.25) is 0 Å². The second kappa shape index (κ2) is 11.9. The first-order valence-corrected chi connectivity index (χ1v) is 12.6. The number of carbonyl (C=O) groups excluding carboxylic acids is 1. The van der Waals surface area contributed by atoms with Gasteiger partial charge in [-0.1, -0.05) is 6.07 Å². The Morgan fingerprint density at radius 1 is 1.16 bits per heavy atom. The van der Waals surface area contributed by atoms with Crippen molar-refractivity contribution in [3.63, 3.8) is 0 Å². The summed E-state index contributed by atoms with van der Waals surface area (Å²) in [6.45, 7) is 2.55. The summed E-state index contributed by atoms with van der Waals surface area (Å²) in [5, 5.41) is 14.3. The fourth-order valence-corrected chi connectivity index (χ4v) is 4.01. The molecule has 0 radical (unpaired) electrons. The van der Waals surface area contributed by atoms with E-state index in [1.807, 2.05) is 12.1 Å². The lowest BCUT2D eigenvalue weighted by Crippen LogP contribution is -2.19. The Balaban J connectivity index is 1.21. The van der Waals surface area contributed by atoms with Gasteiger partial charge in [0.2, 0.25) is 5.91 Å². The van der Waals surface area contributed by atoms with Gasteiger partial charge in [-0.25, -0.2) is 14.4 Å². The molecule has 5 rings (SSSR count). The van der Waals surface area contributed by atoms with Crippen LogP contribution >= 0.6 is 0 Å². The van der Waals surface area contributed by atoms with E-state index in [4.69, 9.17) is 9.47 Å². The minimum absolute atomic E-state index is 0.0344. The van der Waals surface area contributed by atoms with Crippen molar-refractivity contribution in [3.8, 4) is 11.5 Å². The molecule has 0 spiro atoms. The summed E-state index contributed by atoms with van der Waals surface area (Å²) in [5.74, 6) is 1.90. The lowest BCUT2D eigenvalue weighted by Gasteiger charge is -2.13. The van der Waals surface area contributed by atoms with Gasteiger partial charge in [0.25, 0.3) is 0 Å². The van der Waals surface area contributed by atoms with E-state index in [1.54, 1.807) is 25.6 Å². The van der Waals surface area contributed by atoms with Crippen LogP contribution in [0, 0.1) is 11.7 Å². The maximum absolute atomic E-state index is 13.4. The number of nitrogens with one attached hydrogen (secondary N) is 3. The van der Waals surface area contributed by atoms with Crippen LogP contribution in [0.5, 0.6) is 11.5 Å². The third-order valence-corrected chi connectivity index (χ3v) is 6.12. The zero-order valence-electron chi connectivity index (χ0n) is 21.1. The van der Waals surface area contributed by atoms with E-state index in [1.165, 1.54) is 42.0 Å². The van der Waals surface area contributed by atoms with Crippen LogP contribution in [0.1, 0.15) is 19.3 Å². The Labute approximate surface area is 219 Å². The maximum atomic E-state index is 13.4. The molecule has 38 heavy (non-hydrogen) atoms. The highest BCUT2D eigenvalue weighted by atomic mass is 19.1. The summed E-state index contributed by atoms with van der Waals surface area (Å²) in [4.78, 5) is 21.1. The molecule has 10 nitrogen and oxygen atoms in total. The highest BCUT2D eigenvalue weighted by molar-refractivity contribution is 5.93. The third kappa shape index (κ3) is 6.74. The number of carbonyl (C=O) groups is 1. The van der Waals surface area contributed by atoms with E-state index in [0.717, 1.165) is 30.8 Å². The summed E-state index contributed by atoms with van der Waals surface area (Å²) >= 11 is 0. The molecule has 2 heterocycles. The number of rotatable bonds is 13. The molecular formula is C27H30FN7O3. The SMILES string of the molecule is COc1cc2c(Nc3cnn(CC(=O)Nc4cccc(F)c4)c3)ncnc2cc1OCCCNCC1CC1. The standard InChI is InChI=1S/C27H30FN7O3/c1-37-24-11-22-23(12-25(24)38-9-3-8-29-13-18-6-7-18)30-17-31-27(22)34-21-14-32-35(15-21)16-26(36)33-20-5-2-4-19(28)10-20/h2,4-5,10-12,14-15,17-18,29H,3,6-9,13,16H2,1H3,(H,33,36)(H,30,31,34). The molecule has 1 saturated carbocycles. The maximum Gasteiger partial charge on any atom is 0.246 e. The van der Waals surface area contributed by atoms with Crippen LogP contribution in [0.25, 0.3) is 10.9 Å². The minimum Gasteiger partial charge on any atom is -0.493 e. The second-order valence-electron chi connectivity index (χ2n) is 9.20. The molecular weight excluding hydrogens is 489 g/mol. The molecule has 4 aromatic rings. The monoisotopic (exact) mass is 519 g/mol. The number of hydrogen-bond acceptors (Lipinski definition) is 8. The summed E-state index contributed by atoms with van der Waals surface area (Å²) in [6, 6.07) is 9.41. The van der Waals surface area contributed by atoms with Crippen LogP contribution in [0.4, 0.5) is 21.6 Å². The molecule has 2 aromatic heterocycles. The first-order chi connectivity index (χ1) is 18.6. The summed E-state index contributed by atoms with van der Waals surface area (Å²) in [7, 11) is 1.60. The summed E-state index contributed by atoms with van der Waals surface area (Å²) in [6.07, 6.45) is 8.33. The predicted octanol–water partition coefficient (Wildman–Crippen LogP) is 4.12. The van der Waals surface area contributed by atoms with E-state index >= 15 is 0 Å². The zero-order chi connectivity index (χ0) is 26.3. The van der Waals surface area contributed by atoms with Crippen molar-refractivity contribution < 1.29 is 18.7 Å². The smallest absolute Gasteiger partial charge is 0.246 e. The van der Waals surface area contributed by atoms with Crippen molar-refractivity contribution >= 4 is 34.0 Å². The molecule has 1 amide bonds. The van der Waals surface area contributed by atoms with Crippen molar-refractivity contribution in [2.45, 2.75) is 25.8 Å². The third-order valence-electron chi connectivity index (χ3n) is 6.12. The van der Waals surface area contributed by atoms with Gasteiger partial charge in [-0.05, 0) is 62.5 Å². The number of halogens is 1. The van der Waals surface area contributed by atoms with Gasteiger partial charge < -0.3 is 25.4 Å². The number of anilines is 3. The molecule has 3 N–H and O–H groups in total. The van der Waals surface area contributed by atoms with Crippen molar-refractivity contribution in [1.82, 2.24) is 25.1 Å². The fourth-order valence-electron chi connectivity index (χ4n) is 4.01. The van der Waals surface area contributed by atoms with Crippen molar-refractivity contribution in [1.29, 1.82) is 0 Å². The Morgan fingerprint density at radius 3 is 2.87 bits per heavy atom. The average Bonchev–Trinajstić information content (AvgIpc) is 3.63. The number of nitrogens with zero attached hydrogens (tertiary/aromatic N) is 4. The van der Waals surface area contributed by atoms with E-state index in [0.29, 0.717) is 40.8 Å². The Hall–Kier alpha value is -4.25. The first kappa shape index (κ1) is 25.4. The van der Waals surface area contributed by atoms with Crippen molar-refractivity contribution in [2.24, 2.45) is 5.92 Å². The van der Waals surface area contributed by atoms with E-state index in [2.05, 4.69) is 31.0 Å². The van der Waals surface area contributed by atoms with Gasteiger partial charge in [-0.2, -0.15) is 5.10 Å². The van der Waals surface area contributed by atoms with Gasteiger partial charge in [-0.3, -0.25) is 9.48 Å². The second-order valence-corrected chi connectivity index (χ2v) is 9.20. The van der Waals surface area contributed by atoms with Crippen LogP contribution in [-0.4, -0.2) is 52.5 Å². The van der Waals surface area contributed by atoms with Gasteiger partial charge in [0.15, 0.2) is 11.5 Å². The fraction of sp³-hybridized carbons (Fsp3) is 0.333. The lowest BCUT2D eigenvalue weighted by molar-refractivity contribution is -0.116. The molecule has 0 saturated heterocycles. The number of amides is 1. The van der Waals surface area contributed by atoms with E-state index in [9.17, 15) is 9.18 Å². The van der Waals surface area contributed by atoms with Gasteiger partial charge in [0, 0.05) is 23.3 Å². The number of ether oxygens (including phenoxy) is 2. The normalized spacial score (nSPS) is 12.9. The predicted molar refractivity (Wildman–Crippen MR) is 142 cm³/mol. The molecule has 0 unspecified atom stereocenters. The van der Waals surface area contributed by atoms with Crippen LogP contribution < -0.4 is 25.4 Å². The van der Waals surface area contributed by atoms with E-state index < -0.39 is 5.82 Å². The van der Waals surface area contributed by atoms with Crippen molar-refractivity contribution in [2.75, 3.05) is 37.4 Å². The lowest BCUT2D eigenvalue weighted by atomic mass is 10.2. The molecule has 2 aromatic carbocycles. The highest BCUT2D eigenvalue weighted by Gasteiger charge is 2.20. The number of benzene rings is 2. The van der Waals surface area contributed by atoms with E-state index in [-0.39, 0.29) is 12.5 Å². The van der Waals surface area contributed by atoms with Gasteiger partial charge in [-0.15, -0.1) is 0 Å². The number of methoxy groups -OCH3 is 1. The number of aromatic nitrogens is 4. The number of hydrogen-bond donors (Lipinski definition) is 3. The molecule has 11 heteroatoms. The zero-order valence-corrected chi connectivity index (χ0v) is 21.1. The van der Waals surface area contributed by atoms with Crippen LogP contribution in [0.15, 0.2) is 55.1 Å². The molecule has 0 bridgehead atoms. The molecule has 1 aliphatic rings. The highest BCUT2D eigenvalue weighted by Crippen LogP contribution is 2.34. The molecule has 1 aliphatic carbocycles.